The molecule has 0 saturated heterocycles. The van der Waals surface area contributed by atoms with Crippen molar-refractivity contribution in [1.82, 2.24) is 20.5 Å². The van der Waals surface area contributed by atoms with Crippen molar-refractivity contribution in [3.8, 4) is 10.7 Å². The van der Waals surface area contributed by atoms with Gasteiger partial charge in [0.15, 0.2) is 11.6 Å². The molecule has 0 aliphatic rings. The van der Waals surface area contributed by atoms with Crippen LogP contribution in [-0.4, -0.2) is 39.2 Å². The molecule has 0 aliphatic carbocycles. The summed E-state index contributed by atoms with van der Waals surface area (Å²) in [5.74, 6) is 1.06. The molecule has 2 N–H and O–H groups in total. The van der Waals surface area contributed by atoms with Crippen LogP contribution in [0.4, 0.5) is 0 Å². The summed E-state index contributed by atoms with van der Waals surface area (Å²) in [4.78, 5) is 28.6. The van der Waals surface area contributed by atoms with Crippen molar-refractivity contribution in [2.75, 3.05) is 12.3 Å². The van der Waals surface area contributed by atoms with Crippen molar-refractivity contribution in [3.63, 3.8) is 0 Å². The third-order valence-corrected chi connectivity index (χ3v) is 5.57. The Balaban J connectivity index is 1.47. The van der Waals surface area contributed by atoms with Gasteiger partial charge in [-0.15, -0.1) is 16.4 Å². The molecule has 0 bridgehead atoms. The van der Waals surface area contributed by atoms with Gasteiger partial charge in [0.05, 0.1) is 10.6 Å². The van der Waals surface area contributed by atoms with Crippen molar-refractivity contribution >= 4 is 34.8 Å². The van der Waals surface area contributed by atoms with Gasteiger partial charge < -0.3 is 5.32 Å². The van der Waals surface area contributed by atoms with E-state index in [1.807, 2.05) is 41.8 Å². The number of aryl methyl sites for hydroxylation is 1. The first-order chi connectivity index (χ1) is 13.1. The minimum absolute atomic E-state index is 0.0117. The highest BCUT2D eigenvalue weighted by atomic mass is 32.2. The molecular formula is C19H20N4O2S2. The molecule has 27 heavy (non-hydrogen) atoms. The molecular weight excluding hydrogens is 380 g/mol. The monoisotopic (exact) mass is 400 g/mol. The maximum atomic E-state index is 12.4. The zero-order valence-corrected chi connectivity index (χ0v) is 16.5. The van der Waals surface area contributed by atoms with E-state index in [4.69, 9.17) is 0 Å². The lowest BCUT2D eigenvalue weighted by molar-refractivity contribution is -0.118. The number of amides is 1. The van der Waals surface area contributed by atoms with Gasteiger partial charge in [-0.25, -0.2) is 4.98 Å². The number of benzene rings is 1. The number of thioether (sulfide) groups is 1. The normalized spacial score (nSPS) is 10.7. The molecule has 0 unspecified atom stereocenters. The summed E-state index contributed by atoms with van der Waals surface area (Å²) in [6, 6.07) is 11.6. The van der Waals surface area contributed by atoms with E-state index in [0.717, 1.165) is 29.1 Å². The average Bonchev–Trinajstić information content (AvgIpc) is 3.35. The Morgan fingerprint density at radius 3 is 2.74 bits per heavy atom. The number of ketones is 1. The Bertz CT molecular complexity index is 889. The van der Waals surface area contributed by atoms with Crippen LogP contribution in [0.25, 0.3) is 10.7 Å². The van der Waals surface area contributed by atoms with Crippen molar-refractivity contribution in [2.45, 2.75) is 24.9 Å². The lowest BCUT2D eigenvalue weighted by atomic mass is 10.1. The molecule has 3 aromatic rings. The second-order valence-electron chi connectivity index (χ2n) is 5.94. The number of carbonyl (C=O) groups excluding carboxylic acids is 2. The fourth-order valence-corrected chi connectivity index (χ4v) is 3.82. The molecule has 140 valence electrons. The van der Waals surface area contributed by atoms with Crippen LogP contribution in [-0.2, 0) is 11.2 Å². The van der Waals surface area contributed by atoms with Crippen LogP contribution in [0.2, 0.25) is 0 Å². The molecule has 3 rings (SSSR count). The lowest BCUT2D eigenvalue weighted by Crippen LogP contribution is -2.21. The predicted octanol–water partition coefficient (Wildman–Crippen LogP) is 3.58. The minimum Gasteiger partial charge on any atom is -0.356 e. The second kappa shape index (κ2) is 9.48. The van der Waals surface area contributed by atoms with Crippen LogP contribution >= 0.6 is 23.1 Å². The molecule has 2 aromatic heterocycles. The first-order valence-corrected chi connectivity index (χ1v) is 10.4. The highest BCUT2D eigenvalue weighted by Crippen LogP contribution is 2.23. The highest BCUT2D eigenvalue weighted by Gasteiger charge is 2.11. The quantitative estimate of drug-likeness (QED) is 0.326. The van der Waals surface area contributed by atoms with Crippen LogP contribution < -0.4 is 5.32 Å². The number of nitrogens with one attached hydrogen (secondary N) is 2. The first-order valence-electron chi connectivity index (χ1n) is 8.57. The number of rotatable bonds is 9. The molecule has 0 fully saturated rings. The van der Waals surface area contributed by atoms with Gasteiger partial charge in [0, 0.05) is 19.0 Å². The molecule has 1 aromatic carbocycles. The van der Waals surface area contributed by atoms with Crippen molar-refractivity contribution in [2.24, 2.45) is 0 Å². The van der Waals surface area contributed by atoms with E-state index in [1.54, 1.807) is 11.3 Å². The van der Waals surface area contributed by atoms with E-state index in [9.17, 15) is 9.59 Å². The SMILES string of the molecule is CC(=O)NCCCc1ccc(C(=O)CSc2n[nH]c(-c3cccs3)n2)cc1. The summed E-state index contributed by atoms with van der Waals surface area (Å²) >= 11 is 2.92. The third-order valence-electron chi connectivity index (χ3n) is 3.84. The first kappa shape index (κ1) is 19.3. The number of thiophene rings is 1. The Morgan fingerprint density at radius 1 is 1.22 bits per heavy atom. The standard InChI is InChI=1S/C19H20N4O2S2/c1-13(24)20-10-2-4-14-6-8-15(9-7-14)16(25)12-27-19-21-18(22-23-19)17-5-3-11-26-17/h3,5-9,11H,2,4,10,12H2,1H3,(H,20,24)(H,21,22,23). The van der Waals surface area contributed by atoms with Crippen molar-refractivity contribution in [1.29, 1.82) is 0 Å². The van der Waals surface area contributed by atoms with Gasteiger partial charge in [0.25, 0.3) is 0 Å². The maximum absolute atomic E-state index is 12.4. The Hall–Kier alpha value is -2.45. The minimum atomic E-state index is -0.0117. The molecule has 0 saturated carbocycles. The number of Topliss-reactive ketones (excluding diaryl/α,β-unsaturated/α-hetero) is 1. The van der Waals surface area contributed by atoms with Crippen LogP contribution in [0.3, 0.4) is 0 Å². The number of hydrogen-bond acceptors (Lipinski definition) is 6. The van der Waals surface area contributed by atoms with Gasteiger partial charge in [-0.2, -0.15) is 0 Å². The smallest absolute Gasteiger partial charge is 0.216 e. The number of hydrogen-bond donors (Lipinski definition) is 2. The lowest BCUT2D eigenvalue weighted by Gasteiger charge is -2.04. The number of nitrogens with zero attached hydrogens (tertiary/aromatic N) is 2. The van der Waals surface area contributed by atoms with E-state index < -0.39 is 0 Å². The summed E-state index contributed by atoms with van der Waals surface area (Å²) in [7, 11) is 0. The van der Waals surface area contributed by atoms with E-state index in [0.29, 0.717) is 23.0 Å². The Morgan fingerprint density at radius 2 is 2.04 bits per heavy atom. The summed E-state index contributed by atoms with van der Waals surface area (Å²) in [5.41, 5.74) is 1.83. The maximum Gasteiger partial charge on any atom is 0.216 e. The van der Waals surface area contributed by atoms with Crippen molar-refractivity contribution < 1.29 is 9.59 Å². The number of H-pyrrole nitrogens is 1. The molecule has 0 atom stereocenters. The third kappa shape index (κ3) is 5.77. The Kier molecular flexibility index (Phi) is 6.78. The zero-order valence-electron chi connectivity index (χ0n) is 14.9. The van der Waals surface area contributed by atoms with Crippen molar-refractivity contribution in [3.05, 3.63) is 52.9 Å². The van der Waals surface area contributed by atoms with Gasteiger partial charge in [-0.05, 0) is 29.9 Å². The van der Waals surface area contributed by atoms with Gasteiger partial charge in [0.2, 0.25) is 11.1 Å². The van der Waals surface area contributed by atoms with Gasteiger partial charge in [-0.1, -0.05) is 42.1 Å². The predicted molar refractivity (Wildman–Crippen MR) is 108 cm³/mol. The number of carbonyl (C=O) groups is 2. The number of aromatic amines is 1. The Labute approximate surface area is 165 Å². The highest BCUT2D eigenvalue weighted by molar-refractivity contribution is 7.99. The zero-order chi connectivity index (χ0) is 19.1. The van der Waals surface area contributed by atoms with Gasteiger partial charge in [-0.3, -0.25) is 14.7 Å². The molecule has 0 radical (unpaired) electrons. The van der Waals surface area contributed by atoms with Gasteiger partial charge in [0.1, 0.15) is 0 Å². The average molecular weight is 401 g/mol. The van der Waals surface area contributed by atoms with E-state index in [-0.39, 0.29) is 11.7 Å². The van der Waals surface area contributed by atoms with Crippen LogP contribution in [0.1, 0.15) is 29.3 Å². The summed E-state index contributed by atoms with van der Waals surface area (Å²) in [6.07, 6.45) is 1.74. The molecule has 8 heteroatoms. The van der Waals surface area contributed by atoms with E-state index in [2.05, 4.69) is 20.5 Å². The largest absolute Gasteiger partial charge is 0.356 e. The topological polar surface area (TPSA) is 87.7 Å². The fourth-order valence-electron chi connectivity index (χ4n) is 2.46. The van der Waals surface area contributed by atoms with Gasteiger partial charge >= 0.3 is 0 Å². The van der Waals surface area contributed by atoms with Crippen LogP contribution in [0.15, 0.2) is 46.9 Å². The molecule has 0 aliphatic heterocycles. The van der Waals surface area contributed by atoms with Crippen LogP contribution in [0.5, 0.6) is 0 Å². The second-order valence-corrected chi connectivity index (χ2v) is 7.83. The van der Waals surface area contributed by atoms with E-state index >= 15 is 0 Å². The number of aromatic nitrogens is 3. The fraction of sp³-hybridized carbons (Fsp3) is 0.263. The molecule has 2 heterocycles. The summed E-state index contributed by atoms with van der Waals surface area (Å²) < 4.78 is 0. The molecule has 1 amide bonds. The summed E-state index contributed by atoms with van der Waals surface area (Å²) in [5, 5.41) is 12.4. The van der Waals surface area contributed by atoms with Crippen LogP contribution in [0, 0.1) is 0 Å². The summed E-state index contributed by atoms with van der Waals surface area (Å²) in [6.45, 7) is 2.18. The van der Waals surface area contributed by atoms with E-state index in [1.165, 1.54) is 18.7 Å². The molecule has 0 spiro atoms. The molecule has 6 nitrogen and oxygen atoms in total.